The lowest BCUT2D eigenvalue weighted by molar-refractivity contribution is 0.110. The summed E-state index contributed by atoms with van der Waals surface area (Å²) in [7, 11) is 0. The van der Waals surface area contributed by atoms with Crippen LogP contribution < -0.4 is 0 Å². The summed E-state index contributed by atoms with van der Waals surface area (Å²) in [5.74, 6) is 0.456. The van der Waals surface area contributed by atoms with Gasteiger partial charge in [0.25, 0.3) is 0 Å². The molecule has 1 aliphatic rings. The Morgan fingerprint density at radius 2 is 2.14 bits per heavy atom. The molecule has 1 unspecified atom stereocenters. The highest BCUT2D eigenvalue weighted by molar-refractivity contribution is 5.24. The third-order valence-electron chi connectivity index (χ3n) is 3.24. The van der Waals surface area contributed by atoms with Gasteiger partial charge in [-0.1, -0.05) is 12.8 Å². The van der Waals surface area contributed by atoms with E-state index in [1.807, 2.05) is 13.0 Å². The lowest BCUT2D eigenvalue weighted by Gasteiger charge is -2.19. The van der Waals surface area contributed by atoms with Gasteiger partial charge in [-0.15, -0.1) is 0 Å². The molecule has 1 N–H and O–H groups in total. The van der Waals surface area contributed by atoms with Gasteiger partial charge in [0.1, 0.15) is 0 Å². The van der Waals surface area contributed by atoms with E-state index in [9.17, 15) is 5.11 Å². The monoisotopic (exact) mass is 191 g/mol. The van der Waals surface area contributed by atoms with E-state index in [2.05, 4.69) is 4.98 Å². The van der Waals surface area contributed by atoms with E-state index >= 15 is 0 Å². The molecule has 1 heterocycles. The maximum absolute atomic E-state index is 10.2. The predicted octanol–water partition coefficient (Wildman–Crippen LogP) is 2.61. The maximum atomic E-state index is 10.2. The van der Waals surface area contributed by atoms with Gasteiger partial charge in [0.15, 0.2) is 0 Å². The summed E-state index contributed by atoms with van der Waals surface area (Å²) in [5.41, 5.74) is 2.17. The molecule has 76 valence electrons. The minimum Gasteiger partial charge on any atom is -0.388 e. The number of hydrogen-bond acceptors (Lipinski definition) is 2. The first-order chi connectivity index (χ1) is 6.79. The highest BCUT2D eigenvalue weighted by Crippen LogP contribution is 2.36. The fraction of sp³-hybridized carbons (Fsp3) is 0.583. The number of aliphatic hydroxyl groups is 1. The largest absolute Gasteiger partial charge is 0.388 e. The lowest BCUT2D eigenvalue weighted by Crippen LogP contribution is -2.10. The molecule has 0 aromatic carbocycles. The molecule has 2 nitrogen and oxygen atoms in total. The van der Waals surface area contributed by atoms with Crippen molar-refractivity contribution >= 4 is 0 Å². The van der Waals surface area contributed by atoms with E-state index in [-0.39, 0.29) is 6.10 Å². The minimum atomic E-state index is -0.300. The zero-order valence-electron chi connectivity index (χ0n) is 8.61. The Bertz CT molecular complexity index is 305. The highest BCUT2D eigenvalue weighted by atomic mass is 16.3. The number of rotatable bonds is 2. The average molecular weight is 191 g/mol. The number of aliphatic hydroxyl groups excluding tert-OH is 1. The van der Waals surface area contributed by atoms with Gasteiger partial charge in [-0.25, -0.2) is 0 Å². The fourth-order valence-electron chi connectivity index (χ4n) is 2.31. The van der Waals surface area contributed by atoms with Crippen molar-refractivity contribution in [3.63, 3.8) is 0 Å². The van der Waals surface area contributed by atoms with Gasteiger partial charge in [-0.05, 0) is 37.3 Å². The molecular weight excluding hydrogens is 174 g/mol. The second kappa shape index (κ2) is 4.09. The smallest absolute Gasteiger partial charge is 0.0835 e. The SMILES string of the molecule is Cc1ccncc1C(O)C1CCCC1. The van der Waals surface area contributed by atoms with Crippen molar-refractivity contribution in [3.05, 3.63) is 29.6 Å². The summed E-state index contributed by atoms with van der Waals surface area (Å²) in [5, 5.41) is 10.2. The zero-order chi connectivity index (χ0) is 9.97. The van der Waals surface area contributed by atoms with E-state index in [0.29, 0.717) is 5.92 Å². The van der Waals surface area contributed by atoms with Crippen LogP contribution in [0.1, 0.15) is 42.9 Å². The van der Waals surface area contributed by atoms with E-state index < -0.39 is 0 Å². The molecule has 1 atom stereocenters. The standard InChI is InChI=1S/C12H17NO/c1-9-6-7-13-8-11(9)12(14)10-4-2-3-5-10/h6-8,10,12,14H,2-5H2,1H3. The molecule has 14 heavy (non-hydrogen) atoms. The topological polar surface area (TPSA) is 33.1 Å². The Morgan fingerprint density at radius 1 is 1.43 bits per heavy atom. The molecule has 1 aromatic rings. The molecular formula is C12H17NO. The molecule has 0 spiro atoms. The van der Waals surface area contributed by atoms with Crippen LogP contribution in [0.25, 0.3) is 0 Å². The molecule has 0 saturated heterocycles. The van der Waals surface area contributed by atoms with E-state index in [4.69, 9.17) is 0 Å². The van der Waals surface area contributed by atoms with Crippen molar-refractivity contribution in [1.29, 1.82) is 0 Å². The molecule has 2 rings (SSSR count). The van der Waals surface area contributed by atoms with Gasteiger partial charge in [0, 0.05) is 18.0 Å². The summed E-state index contributed by atoms with van der Waals surface area (Å²) >= 11 is 0. The average Bonchev–Trinajstić information content (AvgIpc) is 2.70. The number of nitrogens with zero attached hydrogens (tertiary/aromatic N) is 1. The molecule has 1 aliphatic carbocycles. The van der Waals surface area contributed by atoms with Gasteiger partial charge < -0.3 is 5.11 Å². The van der Waals surface area contributed by atoms with Gasteiger partial charge in [0.05, 0.1) is 6.10 Å². The highest BCUT2D eigenvalue weighted by Gasteiger charge is 2.25. The Morgan fingerprint density at radius 3 is 2.79 bits per heavy atom. The van der Waals surface area contributed by atoms with E-state index in [1.54, 1.807) is 12.4 Å². The Labute approximate surface area is 85.0 Å². The van der Waals surface area contributed by atoms with Crippen LogP contribution >= 0.6 is 0 Å². The van der Waals surface area contributed by atoms with Crippen molar-refractivity contribution in [2.75, 3.05) is 0 Å². The summed E-state index contributed by atoms with van der Waals surface area (Å²) < 4.78 is 0. The summed E-state index contributed by atoms with van der Waals surface area (Å²) in [4.78, 5) is 4.08. The second-order valence-corrected chi connectivity index (χ2v) is 4.22. The molecule has 1 aromatic heterocycles. The van der Waals surface area contributed by atoms with E-state index in [0.717, 1.165) is 24.0 Å². The van der Waals surface area contributed by atoms with Crippen LogP contribution in [0.4, 0.5) is 0 Å². The molecule has 0 bridgehead atoms. The van der Waals surface area contributed by atoms with Crippen LogP contribution in [0.3, 0.4) is 0 Å². The lowest BCUT2D eigenvalue weighted by atomic mass is 9.93. The number of aromatic nitrogens is 1. The van der Waals surface area contributed by atoms with Crippen LogP contribution in [0.15, 0.2) is 18.5 Å². The first-order valence-electron chi connectivity index (χ1n) is 5.37. The van der Waals surface area contributed by atoms with E-state index in [1.165, 1.54) is 12.8 Å². The van der Waals surface area contributed by atoms with Crippen molar-refractivity contribution in [2.45, 2.75) is 38.7 Å². The van der Waals surface area contributed by atoms with Gasteiger partial charge in [-0.3, -0.25) is 4.98 Å². The summed E-state index contributed by atoms with van der Waals surface area (Å²) in [6, 6.07) is 1.97. The Kier molecular flexibility index (Phi) is 2.82. The van der Waals surface area contributed by atoms with Crippen molar-refractivity contribution < 1.29 is 5.11 Å². The molecule has 1 fully saturated rings. The van der Waals surface area contributed by atoms with Gasteiger partial charge in [-0.2, -0.15) is 0 Å². The van der Waals surface area contributed by atoms with Crippen LogP contribution in [0.2, 0.25) is 0 Å². The summed E-state index contributed by atoms with van der Waals surface area (Å²) in [6.45, 7) is 2.04. The normalized spacial score (nSPS) is 19.9. The molecule has 0 radical (unpaired) electrons. The quantitative estimate of drug-likeness (QED) is 0.779. The number of aryl methyl sites for hydroxylation is 1. The second-order valence-electron chi connectivity index (χ2n) is 4.22. The first kappa shape index (κ1) is 9.66. The molecule has 1 saturated carbocycles. The van der Waals surface area contributed by atoms with Crippen LogP contribution in [0.5, 0.6) is 0 Å². The first-order valence-corrected chi connectivity index (χ1v) is 5.37. The molecule has 0 aliphatic heterocycles. The van der Waals surface area contributed by atoms with Gasteiger partial charge in [0.2, 0.25) is 0 Å². The van der Waals surface area contributed by atoms with Crippen LogP contribution in [0, 0.1) is 12.8 Å². The molecule has 2 heteroatoms. The minimum absolute atomic E-state index is 0.300. The Hall–Kier alpha value is -0.890. The van der Waals surface area contributed by atoms with Crippen molar-refractivity contribution in [1.82, 2.24) is 4.98 Å². The third-order valence-corrected chi connectivity index (χ3v) is 3.24. The van der Waals surface area contributed by atoms with Crippen LogP contribution in [-0.4, -0.2) is 10.1 Å². The fourth-order valence-corrected chi connectivity index (χ4v) is 2.31. The zero-order valence-corrected chi connectivity index (χ0v) is 8.61. The van der Waals surface area contributed by atoms with Crippen LogP contribution in [-0.2, 0) is 0 Å². The maximum Gasteiger partial charge on any atom is 0.0835 e. The number of pyridine rings is 1. The number of hydrogen-bond donors (Lipinski definition) is 1. The third kappa shape index (κ3) is 1.80. The van der Waals surface area contributed by atoms with Crippen molar-refractivity contribution in [2.24, 2.45) is 5.92 Å². The summed E-state index contributed by atoms with van der Waals surface area (Å²) in [6.07, 6.45) is 8.14. The van der Waals surface area contributed by atoms with Gasteiger partial charge >= 0.3 is 0 Å². The Balaban J connectivity index is 2.17. The van der Waals surface area contributed by atoms with Crippen molar-refractivity contribution in [3.8, 4) is 0 Å². The molecule has 0 amide bonds. The predicted molar refractivity (Wildman–Crippen MR) is 55.9 cm³/mol.